The Balaban J connectivity index is 2.10. The van der Waals surface area contributed by atoms with Gasteiger partial charge >= 0.3 is 0 Å². The van der Waals surface area contributed by atoms with E-state index in [0.29, 0.717) is 16.9 Å². The van der Waals surface area contributed by atoms with Crippen LogP contribution < -0.4 is 5.73 Å². The molecule has 6 heteroatoms. The zero-order valence-electron chi connectivity index (χ0n) is 12.2. The van der Waals surface area contributed by atoms with Crippen molar-refractivity contribution < 1.29 is 4.39 Å². The summed E-state index contributed by atoms with van der Waals surface area (Å²) in [5.74, 6) is 0.194. The molecule has 3 heterocycles. The number of aryl methyl sites for hydroxylation is 1. The molecule has 3 aromatic heterocycles. The average Bonchev–Trinajstić information content (AvgIpc) is 3.02. The molecule has 3 N–H and O–H groups in total. The van der Waals surface area contributed by atoms with Gasteiger partial charge in [-0.15, -0.1) is 0 Å². The molecule has 0 saturated carbocycles. The third-order valence-corrected chi connectivity index (χ3v) is 3.99. The highest BCUT2D eigenvalue weighted by Gasteiger charge is 2.16. The van der Waals surface area contributed by atoms with Crippen LogP contribution in [0.15, 0.2) is 30.5 Å². The molecule has 0 fully saturated rings. The van der Waals surface area contributed by atoms with Gasteiger partial charge < -0.3 is 5.73 Å². The third kappa shape index (κ3) is 1.70. The predicted molar refractivity (Wildman–Crippen MR) is 84.1 cm³/mol. The van der Waals surface area contributed by atoms with Gasteiger partial charge in [-0.2, -0.15) is 10.2 Å². The zero-order valence-corrected chi connectivity index (χ0v) is 12.2. The molecule has 0 radical (unpaired) electrons. The summed E-state index contributed by atoms with van der Waals surface area (Å²) in [6.07, 6.45) is 1.83. The average molecular weight is 295 g/mol. The lowest BCUT2D eigenvalue weighted by molar-refractivity contribution is 0.621. The molecule has 0 amide bonds. The van der Waals surface area contributed by atoms with Crippen molar-refractivity contribution in [3.05, 3.63) is 47.5 Å². The molecule has 0 atom stereocenters. The maximum absolute atomic E-state index is 14.2. The number of H-pyrrole nitrogens is 1. The molecular weight excluding hydrogens is 281 g/mol. The number of nitrogens with one attached hydrogen (secondary N) is 1. The number of nitrogen functional groups attached to an aromatic ring is 1. The van der Waals surface area contributed by atoms with Gasteiger partial charge in [0.1, 0.15) is 11.6 Å². The number of fused-ring (bicyclic) bond motifs is 2. The Morgan fingerprint density at radius 2 is 2.05 bits per heavy atom. The van der Waals surface area contributed by atoms with Gasteiger partial charge in [0.25, 0.3) is 0 Å². The maximum Gasteiger partial charge on any atom is 0.146 e. The van der Waals surface area contributed by atoms with E-state index in [9.17, 15) is 4.39 Å². The maximum atomic E-state index is 14.2. The number of hydrogen-bond acceptors (Lipinski definition) is 3. The summed E-state index contributed by atoms with van der Waals surface area (Å²) in [5.41, 5.74) is 10.5. The van der Waals surface area contributed by atoms with Crippen LogP contribution in [0.3, 0.4) is 0 Å². The van der Waals surface area contributed by atoms with E-state index in [1.54, 1.807) is 17.5 Å². The van der Waals surface area contributed by atoms with E-state index in [0.717, 1.165) is 27.7 Å². The number of hydrogen-bond donors (Lipinski definition) is 2. The largest absolute Gasteiger partial charge is 0.382 e. The standard InChI is InChI=1S/C16H14FN5/c1-8-12(17)7-13-16(9(2)19-20-13)15(8)10-3-4-22-11(5-10)6-14(18)21-22/h3-7H,1-2H3,(H2,18,21)(H,19,20). The minimum absolute atomic E-state index is 0.262. The molecular formula is C16H14FN5. The van der Waals surface area contributed by atoms with Gasteiger partial charge in [0.05, 0.1) is 11.0 Å². The monoisotopic (exact) mass is 295 g/mol. The summed E-state index contributed by atoms with van der Waals surface area (Å²) in [7, 11) is 0. The molecule has 0 aliphatic heterocycles. The summed E-state index contributed by atoms with van der Waals surface area (Å²) in [6, 6.07) is 7.12. The summed E-state index contributed by atoms with van der Waals surface area (Å²) in [6.45, 7) is 3.72. The molecule has 4 rings (SSSR count). The van der Waals surface area contributed by atoms with Crippen LogP contribution in [-0.4, -0.2) is 19.8 Å². The van der Waals surface area contributed by atoms with Crippen molar-refractivity contribution in [1.82, 2.24) is 19.8 Å². The van der Waals surface area contributed by atoms with Crippen LogP contribution in [0, 0.1) is 19.7 Å². The fraction of sp³-hybridized carbons (Fsp3) is 0.125. The van der Waals surface area contributed by atoms with Crippen molar-refractivity contribution in [2.24, 2.45) is 0 Å². The van der Waals surface area contributed by atoms with E-state index < -0.39 is 0 Å². The van der Waals surface area contributed by atoms with E-state index in [1.165, 1.54) is 6.07 Å². The van der Waals surface area contributed by atoms with Crippen LogP contribution in [0.1, 0.15) is 11.3 Å². The Morgan fingerprint density at radius 1 is 1.23 bits per heavy atom. The van der Waals surface area contributed by atoms with Gasteiger partial charge in [0.15, 0.2) is 0 Å². The van der Waals surface area contributed by atoms with Gasteiger partial charge in [-0.05, 0) is 42.7 Å². The number of aromatic nitrogens is 4. The molecule has 1 aromatic carbocycles. The molecule has 0 aliphatic rings. The van der Waals surface area contributed by atoms with Gasteiger partial charge in [0, 0.05) is 29.4 Å². The lowest BCUT2D eigenvalue weighted by Gasteiger charge is -2.10. The molecule has 22 heavy (non-hydrogen) atoms. The van der Waals surface area contributed by atoms with Crippen molar-refractivity contribution in [2.75, 3.05) is 5.73 Å². The first-order valence-corrected chi connectivity index (χ1v) is 6.93. The summed E-state index contributed by atoms with van der Waals surface area (Å²) < 4.78 is 15.9. The number of nitrogens with zero attached hydrogens (tertiary/aromatic N) is 3. The quantitative estimate of drug-likeness (QED) is 0.566. The number of halogens is 1. The molecule has 5 nitrogen and oxygen atoms in total. The van der Waals surface area contributed by atoms with E-state index in [2.05, 4.69) is 15.3 Å². The number of aromatic amines is 1. The Bertz CT molecular complexity index is 1030. The van der Waals surface area contributed by atoms with Gasteiger partial charge in [-0.3, -0.25) is 5.10 Å². The fourth-order valence-corrected chi connectivity index (χ4v) is 2.93. The summed E-state index contributed by atoms with van der Waals surface area (Å²) in [5, 5.41) is 12.2. The molecule has 0 bridgehead atoms. The van der Waals surface area contributed by atoms with E-state index in [1.807, 2.05) is 25.3 Å². The van der Waals surface area contributed by atoms with Gasteiger partial charge in [-0.1, -0.05) is 0 Å². The third-order valence-electron chi connectivity index (χ3n) is 3.99. The normalized spacial score (nSPS) is 11.6. The van der Waals surface area contributed by atoms with E-state index in [4.69, 9.17) is 5.73 Å². The predicted octanol–water partition coefficient (Wildman–Crippen LogP) is 3.22. The van der Waals surface area contributed by atoms with Crippen LogP contribution >= 0.6 is 0 Å². The number of anilines is 1. The lowest BCUT2D eigenvalue weighted by atomic mass is 9.95. The van der Waals surface area contributed by atoms with Crippen molar-refractivity contribution in [3.63, 3.8) is 0 Å². The number of nitrogens with two attached hydrogens (primary N) is 1. The Kier molecular flexibility index (Phi) is 2.51. The van der Waals surface area contributed by atoms with Crippen LogP contribution in [0.2, 0.25) is 0 Å². The molecule has 110 valence electrons. The van der Waals surface area contributed by atoms with Gasteiger partial charge in [-0.25, -0.2) is 8.91 Å². The topological polar surface area (TPSA) is 72.0 Å². The molecule has 0 aliphatic carbocycles. The highest BCUT2D eigenvalue weighted by Crippen LogP contribution is 2.35. The second-order valence-corrected chi connectivity index (χ2v) is 5.46. The van der Waals surface area contributed by atoms with E-state index in [-0.39, 0.29) is 5.82 Å². The minimum atomic E-state index is -0.262. The smallest absolute Gasteiger partial charge is 0.146 e. The zero-order chi connectivity index (χ0) is 15.4. The molecule has 0 unspecified atom stereocenters. The molecule has 0 saturated heterocycles. The fourth-order valence-electron chi connectivity index (χ4n) is 2.93. The first-order chi connectivity index (χ1) is 10.5. The second kappa shape index (κ2) is 4.30. The van der Waals surface area contributed by atoms with Crippen molar-refractivity contribution >= 4 is 22.2 Å². The van der Waals surface area contributed by atoms with Crippen molar-refractivity contribution in [1.29, 1.82) is 0 Å². The van der Waals surface area contributed by atoms with Crippen LogP contribution in [0.25, 0.3) is 27.5 Å². The molecule has 0 spiro atoms. The molecule has 4 aromatic rings. The summed E-state index contributed by atoms with van der Waals surface area (Å²) >= 11 is 0. The second-order valence-electron chi connectivity index (χ2n) is 5.46. The Morgan fingerprint density at radius 3 is 2.86 bits per heavy atom. The van der Waals surface area contributed by atoms with Crippen LogP contribution in [-0.2, 0) is 0 Å². The lowest BCUT2D eigenvalue weighted by Crippen LogP contribution is -1.93. The number of benzene rings is 1. The summed E-state index contributed by atoms with van der Waals surface area (Å²) in [4.78, 5) is 0. The van der Waals surface area contributed by atoms with E-state index >= 15 is 0 Å². The number of pyridine rings is 1. The highest BCUT2D eigenvalue weighted by molar-refractivity contribution is 5.98. The number of rotatable bonds is 1. The first-order valence-electron chi connectivity index (χ1n) is 6.93. The van der Waals surface area contributed by atoms with Crippen LogP contribution in [0.5, 0.6) is 0 Å². The van der Waals surface area contributed by atoms with Gasteiger partial charge in [0.2, 0.25) is 0 Å². The van der Waals surface area contributed by atoms with Crippen molar-refractivity contribution in [3.8, 4) is 11.1 Å². The van der Waals surface area contributed by atoms with Crippen molar-refractivity contribution in [2.45, 2.75) is 13.8 Å². The first kappa shape index (κ1) is 12.8. The Hall–Kier alpha value is -2.89. The highest BCUT2D eigenvalue weighted by atomic mass is 19.1. The SMILES string of the molecule is Cc1c(F)cc2n[nH]c(C)c2c1-c1ccn2nc(N)cc2c1. The Labute approximate surface area is 125 Å². The van der Waals surface area contributed by atoms with Crippen LogP contribution in [0.4, 0.5) is 10.2 Å². The minimum Gasteiger partial charge on any atom is -0.382 e.